The summed E-state index contributed by atoms with van der Waals surface area (Å²) in [6.45, 7) is 3.71. The van der Waals surface area contributed by atoms with Crippen LogP contribution in [0.2, 0.25) is 0 Å². The predicted molar refractivity (Wildman–Crippen MR) is 104 cm³/mol. The van der Waals surface area contributed by atoms with E-state index < -0.39 is 0 Å². The van der Waals surface area contributed by atoms with E-state index in [1.807, 2.05) is 18.2 Å². The van der Waals surface area contributed by atoms with Crippen LogP contribution in [0.15, 0.2) is 35.5 Å². The van der Waals surface area contributed by atoms with Gasteiger partial charge < -0.3 is 19.6 Å². The highest BCUT2D eigenvalue weighted by Gasteiger charge is 2.23. The molecule has 1 aromatic rings. The number of hydrogen-bond donors (Lipinski definition) is 1. The third-order valence-corrected chi connectivity index (χ3v) is 4.96. The molecule has 1 saturated heterocycles. The first-order valence-electron chi connectivity index (χ1n) is 9.97. The number of nitrogens with one attached hydrogen (secondary N) is 1. The van der Waals surface area contributed by atoms with Crippen LogP contribution >= 0.6 is 0 Å². The molecule has 0 aromatic heterocycles. The van der Waals surface area contributed by atoms with E-state index in [-0.39, 0.29) is 12.0 Å². The molecule has 0 saturated carbocycles. The normalized spacial score (nSPS) is 21.7. The zero-order valence-electron chi connectivity index (χ0n) is 15.9. The smallest absolute Gasteiger partial charge is 0.225 e. The summed E-state index contributed by atoms with van der Waals surface area (Å²) in [6.07, 6.45) is 4.96. The van der Waals surface area contributed by atoms with Gasteiger partial charge in [-0.05, 0) is 31.2 Å². The van der Waals surface area contributed by atoms with Crippen molar-refractivity contribution in [1.82, 2.24) is 5.32 Å². The molecule has 27 heavy (non-hydrogen) atoms. The highest BCUT2D eigenvalue weighted by Crippen LogP contribution is 2.17. The van der Waals surface area contributed by atoms with E-state index in [1.165, 1.54) is 5.56 Å². The summed E-state index contributed by atoms with van der Waals surface area (Å²) in [5.74, 6) is 0.472. The Morgan fingerprint density at radius 2 is 2.15 bits per heavy atom. The van der Waals surface area contributed by atoms with Crippen molar-refractivity contribution in [2.75, 3.05) is 33.0 Å². The van der Waals surface area contributed by atoms with Crippen LogP contribution in [0.4, 0.5) is 0 Å². The fourth-order valence-electron chi connectivity index (χ4n) is 3.35. The van der Waals surface area contributed by atoms with Gasteiger partial charge >= 0.3 is 0 Å². The van der Waals surface area contributed by atoms with Gasteiger partial charge in [-0.1, -0.05) is 35.5 Å². The van der Waals surface area contributed by atoms with Gasteiger partial charge in [0.25, 0.3) is 0 Å². The number of nitrogens with zero attached hydrogens (tertiary/aromatic N) is 1. The first-order valence-corrected chi connectivity index (χ1v) is 9.97. The van der Waals surface area contributed by atoms with Crippen molar-refractivity contribution in [3.63, 3.8) is 0 Å². The third kappa shape index (κ3) is 7.31. The number of benzene rings is 1. The van der Waals surface area contributed by atoms with Gasteiger partial charge in [0.05, 0.1) is 25.3 Å². The van der Waals surface area contributed by atoms with Gasteiger partial charge in [-0.3, -0.25) is 4.79 Å². The van der Waals surface area contributed by atoms with E-state index in [1.54, 1.807) is 0 Å². The molecule has 2 heterocycles. The molecule has 0 radical (unpaired) electrons. The van der Waals surface area contributed by atoms with Gasteiger partial charge in [0.15, 0.2) is 0 Å². The number of carbonyl (C=O) groups is 1. The Hall–Kier alpha value is -1.92. The number of rotatable bonds is 11. The molecule has 1 amide bonds. The van der Waals surface area contributed by atoms with Crippen LogP contribution in [0.5, 0.6) is 0 Å². The van der Waals surface area contributed by atoms with Gasteiger partial charge in [0.1, 0.15) is 6.10 Å². The molecular weight excluding hydrogens is 344 g/mol. The maximum absolute atomic E-state index is 12.0. The monoisotopic (exact) mass is 374 g/mol. The second kappa shape index (κ2) is 11.0. The maximum atomic E-state index is 12.0. The molecule has 0 bridgehead atoms. The summed E-state index contributed by atoms with van der Waals surface area (Å²) in [5.41, 5.74) is 2.14. The van der Waals surface area contributed by atoms with Crippen LogP contribution in [0.1, 0.15) is 37.7 Å². The zero-order chi connectivity index (χ0) is 18.7. The Morgan fingerprint density at radius 3 is 2.96 bits per heavy atom. The van der Waals surface area contributed by atoms with E-state index in [0.29, 0.717) is 18.9 Å². The van der Waals surface area contributed by atoms with Crippen molar-refractivity contribution < 1.29 is 19.1 Å². The molecule has 1 fully saturated rings. The zero-order valence-corrected chi connectivity index (χ0v) is 15.9. The third-order valence-electron chi connectivity index (χ3n) is 4.96. The first kappa shape index (κ1) is 19.8. The van der Waals surface area contributed by atoms with Gasteiger partial charge in [-0.2, -0.15) is 0 Å². The van der Waals surface area contributed by atoms with Crippen molar-refractivity contribution in [3.05, 3.63) is 35.9 Å². The van der Waals surface area contributed by atoms with E-state index in [4.69, 9.17) is 14.3 Å². The van der Waals surface area contributed by atoms with E-state index >= 15 is 0 Å². The summed E-state index contributed by atoms with van der Waals surface area (Å²) in [4.78, 5) is 17.5. The maximum Gasteiger partial charge on any atom is 0.225 e. The summed E-state index contributed by atoms with van der Waals surface area (Å²) >= 11 is 0. The number of ether oxygens (including phenoxy) is 2. The topological polar surface area (TPSA) is 69.2 Å². The van der Waals surface area contributed by atoms with Crippen LogP contribution < -0.4 is 5.32 Å². The van der Waals surface area contributed by atoms with Gasteiger partial charge in [0, 0.05) is 32.1 Å². The molecule has 1 N–H and O–H groups in total. The van der Waals surface area contributed by atoms with Crippen molar-refractivity contribution in [2.45, 2.75) is 44.6 Å². The van der Waals surface area contributed by atoms with Crippen LogP contribution in [-0.2, 0) is 25.5 Å². The molecule has 2 unspecified atom stereocenters. The van der Waals surface area contributed by atoms with E-state index in [9.17, 15) is 4.79 Å². The van der Waals surface area contributed by atoms with Gasteiger partial charge in [-0.15, -0.1) is 0 Å². The molecule has 148 valence electrons. The molecule has 6 nitrogen and oxygen atoms in total. The second-order valence-corrected chi connectivity index (χ2v) is 7.29. The fraction of sp³-hybridized carbons (Fsp3) is 0.619. The van der Waals surface area contributed by atoms with Crippen LogP contribution in [-0.4, -0.2) is 50.7 Å². The van der Waals surface area contributed by atoms with Crippen LogP contribution in [0, 0.1) is 5.92 Å². The van der Waals surface area contributed by atoms with Crippen LogP contribution in [0.25, 0.3) is 0 Å². The molecule has 2 aliphatic heterocycles. The Kier molecular flexibility index (Phi) is 8.11. The Labute approximate surface area is 161 Å². The quantitative estimate of drug-likeness (QED) is 0.605. The molecule has 2 aliphatic rings. The van der Waals surface area contributed by atoms with Crippen molar-refractivity contribution in [2.24, 2.45) is 11.1 Å². The van der Waals surface area contributed by atoms with Crippen molar-refractivity contribution in [1.29, 1.82) is 0 Å². The average Bonchev–Trinajstić information content (AvgIpc) is 3.36. The van der Waals surface area contributed by atoms with Crippen molar-refractivity contribution >= 4 is 11.6 Å². The Bertz CT molecular complexity index is 599. The number of hydrogen-bond acceptors (Lipinski definition) is 5. The lowest BCUT2D eigenvalue weighted by Crippen LogP contribution is -2.30. The molecule has 1 aromatic carbocycles. The Balaban J connectivity index is 1.19. The first-order chi connectivity index (χ1) is 13.3. The summed E-state index contributed by atoms with van der Waals surface area (Å²) < 4.78 is 11.0. The lowest BCUT2D eigenvalue weighted by atomic mass is 10.1. The molecule has 6 heteroatoms. The highest BCUT2D eigenvalue weighted by molar-refractivity contribution is 6.01. The second-order valence-electron chi connectivity index (χ2n) is 7.29. The van der Waals surface area contributed by atoms with Crippen LogP contribution in [0.3, 0.4) is 0 Å². The standard InChI is InChI=1S/C21H30N2O4/c24-21(22-15-18-9-12-26-16-18)14-19-13-20(27-23-19)7-4-10-25-11-8-17-5-2-1-3-6-17/h1-3,5-6,18,20H,4,7-16H2,(H,22,24). The minimum absolute atomic E-state index is 0.0224. The average molecular weight is 374 g/mol. The fourth-order valence-corrected chi connectivity index (χ4v) is 3.35. The number of amides is 1. The largest absolute Gasteiger partial charge is 0.392 e. The predicted octanol–water partition coefficient (Wildman–Crippen LogP) is 2.71. The van der Waals surface area contributed by atoms with Gasteiger partial charge in [0.2, 0.25) is 5.91 Å². The molecule has 0 spiro atoms. The highest BCUT2D eigenvalue weighted by atomic mass is 16.6. The number of carbonyl (C=O) groups excluding carboxylic acids is 1. The summed E-state index contributed by atoms with van der Waals surface area (Å²) in [7, 11) is 0. The number of oxime groups is 1. The van der Waals surface area contributed by atoms with E-state index in [2.05, 4.69) is 22.6 Å². The van der Waals surface area contributed by atoms with Crippen molar-refractivity contribution in [3.8, 4) is 0 Å². The molecule has 0 aliphatic carbocycles. The Morgan fingerprint density at radius 1 is 1.26 bits per heavy atom. The minimum atomic E-state index is 0.0224. The SMILES string of the molecule is O=C(CC1=NOC(CCCOCCc2ccccc2)C1)NCC1CCOC1. The summed E-state index contributed by atoms with van der Waals surface area (Å²) in [6, 6.07) is 10.4. The molecule has 2 atom stereocenters. The van der Waals surface area contributed by atoms with Gasteiger partial charge in [-0.25, -0.2) is 0 Å². The lowest BCUT2D eigenvalue weighted by molar-refractivity contribution is -0.120. The lowest BCUT2D eigenvalue weighted by Gasteiger charge is -2.09. The molecule has 3 rings (SSSR count). The molecular formula is C21H30N2O4. The van der Waals surface area contributed by atoms with E-state index in [0.717, 1.165) is 64.2 Å². The minimum Gasteiger partial charge on any atom is -0.392 e. The summed E-state index contributed by atoms with van der Waals surface area (Å²) in [5, 5.41) is 7.05.